The number of rotatable bonds is 5. The molecule has 1 saturated carbocycles. The maximum atomic E-state index is 13.2. The number of sulfone groups is 1. The van der Waals surface area contributed by atoms with Gasteiger partial charge in [-0.15, -0.1) is 0 Å². The molecule has 2 aromatic carbocycles. The van der Waals surface area contributed by atoms with Gasteiger partial charge in [-0.25, -0.2) is 8.42 Å². The smallest absolute Gasteiger partial charge is 0.182 e. The van der Waals surface area contributed by atoms with E-state index in [0.717, 1.165) is 11.1 Å². The largest absolute Gasteiger partial charge is 0.330 e. The molecule has 1 aliphatic carbocycles. The van der Waals surface area contributed by atoms with Crippen molar-refractivity contribution >= 4 is 21.4 Å². The first-order chi connectivity index (χ1) is 11.4. The Balaban J connectivity index is 2.04. The maximum absolute atomic E-state index is 13.2. The van der Waals surface area contributed by atoms with Crippen molar-refractivity contribution in [2.45, 2.75) is 23.0 Å². The maximum Gasteiger partial charge on any atom is 0.182 e. The van der Waals surface area contributed by atoms with Gasteiger partial charge in [0.25, 0.3) is 0 Å². The standard InChI is InChI=1S/C18H21ClN2O2S/c1-12-2-8-15(9-3-12)24(22,23)17-16(18(17,10-20)11-21)13-4-6-14(19)7-5-13/h2-9,16-17H,10-11,20-21H2,1H3/t16-,17-/m0/s1. The first-order valence-electron chi connectivity index (χ1n) is 7.83. The Bertz CT molecular complexity index is 828. The van der Waals surface area contributed by atoms with Crippen LogP contribution in [0.4, 0.5) is 0 Å². The van der Waals surface area contributed by atoms with E-state index in [1.54, 1.807) is 36.4 Å². The summed E-state index contributed by atoms with van der Waals surface area (Å²) in [5.41, 5.74) is 13.2. The van der Waals surface area contributed by atoms with Gasteiger partial charge in [-0.2, -0.15) is 0 Å². The zero-order chi connectivity index (χ0) is 17.5. The monoisotopic (exact) mass is 364 g/mol. The summed E-state index contributed by atoms with van der Waals surface area (Å²) in [7, 11) is -3.51. The number of hydrogen-bond acceptors (Lipinski definition) is 4. The highest BCUT2D eigenvalue weighted by Crippen LogP contribution is 2.63. The molecule has 2 atom stereocenters. The average molecular weight is 365 g/mol. The molecule has 128 valence electrons. The first kappa shape index (κ1) is 17.4. The molecule has 0 saturated heterocycles. The van der Waals surface area contributed by atoms with Gasteiger partial charge < -0.3 is 11.5 Å². The van der Waals surface area contributed by atoms with E-state index in [2.05, 4.69) is 0 Å². The second-order valence-corrected chi connectivity index (χ2v) is 8.96. The van der Waals surface area contributed by atoms with Gasteiger partial charge in [0, 0.05) is 29.4 Å². The van der Waals surface area contributed by atoms with Crippen LogP contribution in [0.25, 0.3) is 0 Å². The van der Waals surface area contributed by atoms with Crippen LogP contribution < -0.4 is 11.5 Å². The van der Waals surface area contributed by atoms with Crippen LogP contribution >= 0.6 is 11.6 Å². The van der Waals surface area contributed by atoms with Crippen molar-refractivity contribution in [3.8, 4) is 0 Å². The summed E-state index contributed by atoms with van der Waals surface area (Å²) >= 11 is 5.94. The Morgan fingerprint density at radius 2 is 1.54 bits per heavy atom. The Morgan fingerprint density at radius 3 is 2.04 bits per heavy atom. The fourth-order valence-electron chi connectivity index (χ4n) is 3.56. The molecule has 0 bridgehead atoms. The highest BCUT2D eigenvalue weighted by atomic mass is 35.5. The molecule has 4 N–H and O–H groups in total. The van der Waals surface area contributed by atoms with Crippen molar-refractivity contribution < 1.29 is 8.42 Å². The van der Waals surface area contributed by atoms with Crippen LogP contribution in [-0.2, 0) is 9.84 Å². The van der Waals surface area contributed by atoms with Gasteiger partial charge in [0.1, 0.15) is 0 Å². The van der Waals surface area contributed by atoms with Gasteiger partial charge in [0.2, 0.25) is 0 Å². The van der Waals surface area contributed by atoms with E-state index < -0.39 is 20.5 Å². The Kier molecular flexibility index (Phi) is 4.47. The van der Waals surface area contributed by atoms with E-state index in [9.17, 15) is 8.42 Å². The van der Waals surface area contributed by atoms with E-state index in [1.165, 1.54) is 0 Å². The van der Waals surface area contributed by atoms with Crippen molar-refractivity contribution in [1.29, 1.82) is 0 Å². The second kappa shape index (κ2) is 6.15. The number of hydrogen-bond donors (Lipinski definition) is 2. The lowest BCUT2D eigenvalue weighted by Gasteiger charge is -2.13. The van der Waals surface area contributed by atoms with Crippen LogP contribution in [0.5, 0.6) is 0 Å². The van der Waals surface area contributed by atoms with Gasteiger partial charge in [-0.05, 0) is 36.8 Å². The van der Waals surface area contributed by atoms with E-state index >= 15 is 0 Å². The third-order valence-corrected chi connectivity index (χ3v) is 7.64. The number of aryl methyl sites for hydroxylation is 1. The van der Waals surface area contributed by atoms with E-state index in [-0.39, 0.29) is 19.0 Å². The minimum absolute atomic E-state index is 0.212. The summed E-state index contributed by atoms with van der Waals surface area (Å²) in [6, 6.07) is 14.2. The molecule has 0 spiro atoms. The van der Waals surface area contributed by atoms with Crippen LogP contribution in [0.1, 0.15) is 17.0 Å². The zero-order valence-electron chi connectivity index (χ0n) is 13.4. The first-order valence-corrected chi connectivity index (χ1v) is 9.75. The van der Waals surface area contributed by atoms with Crippen LogP contribution in [0.3, 0.4) is 0 Å². The van der Waals surface area contributed by atoms with Gasteiger partial charge >= 0.3 is 0 Å². The summed E-state index contributed by atoms with van der Waals surface area (Å²) in [5, 5.41) is 0.00678. The lowest BCUT2D eigenvalue weighted by molar-refractivity contribution is 0.510. The lowest BCUT2D eigenvalue weighted by atomic mass is 9.99. The minimum atomic E-state index is -3.51. The van der Waals surface area contributed by atoms with Crippen molar-refractivity contribution in [3.05, 3.63) is 64.7 Å². The number of nitrogens with two attached hydrogens (primary N) is 2. The van der Waals surface area contributed by atoms with E-state index in [1.807, 2.05) is 19.1 Å². The molecular formula is C18H21ClN2O2S. The molecule has 4 nitrogen and oxygen atoms in total. The summed E-state index contributed by atoms with van der Waals surface area (Å²) in [5.74, 6) is -0.212. The third kappa shape index (κ3) is 2.65. The molecule has 1 fully saturated rings. The zero-order valence-corrected chi connectivity index (χ0v) is 15.0. The highest BCUT2D eigenvalue weighted by molar-refractivity contribution is 7.92. The average Bonchev–Trinajstić information content (AvgIpc) is 3.26. The SMILES string of the molecule is Cc1ccc(S(=O)(=O)[C@H]2[C@H](c3ccc(Cl)cc3)C2(CN)CN)cc1. The predicted octanol–water partition coefficient (Wildman–Crippen LogP) is 2.49. The van der Waals surface area contributed by atoms with Crippen LogP contribution in [0.15, 0.2) is 53.4 Å². The molecule has 6 heteroatoms. The molecule has 0 aromatic heterocycles. The Morgan fingerprint density at radius 1 is 1.00 bits per heavy atom. The second-order valence-electron chi connectivity index (χ2n) is 6.45. The van der Waals surface area contributed by atoms with Gasteiger partial charge in [-0.1, -0.05) is 41.4 Å². The van der Waals surface area contributed by atoms with E-state index in [0.29, 0.717) is 9.92 Å². The molecule has 2 aromatic rings. The normalized spacial score (nSPS) is 22.3. The van der Waals surface area contributed by atoms with Crippen molar-refractivity contribution in [3.63, 3.8) is 0 Å². The number of halogens is 1. The van der Waals surface area contributed by atoms with Crippen LogP contribution in [0.2, 0.25) is 5.02 Å². The third-order valence-electron chi connectivity index (χ3n) is 5.05. The summed E-state index contributed by atoms with van der Waals surface area (Å²) in [6.07, 6.45) is 0. The predicted molar refractivity (Wildman–Crippen MR) is 96.9 cm³/mol. The van der Waals surface area contributed by atoms with Crippen molar-refractivity contribution in [2.75, 3.05) is 13.1 Å². The molecule has 0 radical (unpaired) electrons. The molecule has 24 heavy (non-hydrogen) atoms. The van der Waals surface area contributed by atoms with Crippen LogP contribution in [0, 0.1) is 12.3 Å². The number of benzene rings is 2. The Hall–Kier alpha value is -1.40. The fraction of sp³-hybridized carbons (Fsp3) is 0.333. The molecular weight excluding hydrogens is 344 g/mol. The van der Waals surface area contributed by atoms with Crippen molar-refractivity contribution in [2.24, 2.45) is 16.9 Å². The summed E-state index contributed by atoms with van der Waals surface area (Å²) < 4.78 is 26.3. The van der Waals surface area contributed by atoms with Gasteiger partial charge in [-0.3, -0.25) is 0 Å². The molecule has 0 heterocycles. The van der Waals surface area contributed by atoms with E-state index in [4.69, 9.17) is 23.1 Å². The van der Waals surface area contributed by atoms with Gasteiger partial charge in [0.15, 0.2) is 9.84 Å². The molecule has 0 unspecified atom stereocenters. The quantitative estimate of drug-likeness (QED) is 0.853. The van der Waals surface area contributed by atoms with Crippen molar-refractivity contribution in [1.82, 2.24) is 0 Å². The van der Waals surface area contributed by atoms with Crippen LogP contribution in [-0.4, -0.2) is 26.8 Å². The summed E-state index contributed by atoms with van der Waals surface area (Å²) in [4.78, 5) is 0.320. The summed E-state index contributed by atoms with van der Waals surface area (Å²) in [6.45, 7) is 2.38. The van der Waals surface area contributed by atoms with Gasteiger partial charge in [0.05, 0.1) is 10.1 Å². The molecule has 1 aliphatic rings. The topological polar surface area (TPSA) is 86.2 Å². The molecule has 0 amide bonds. The lowest BCUT2D eigenvalue weighted by Crippen LogP contribution is -2.31. The fourth-order valence-corrected chi connectivity index (χ4v) is 6.16. The minimum Gasteiger partial charge on any atom is -0.330 e. The molecule has 3 rings (SSSR count). The molecule has 0 aliphatic heterocycles. The Labute approximate surface area is 147 Å². The highest BCUT2D eigenvalue weighted by Gasteiger charge is 2.69.